The second-order valence-corrected chi connectivity index (χ2v) is 6.51. The Hall–Kier alpha value is -4.67. The van der Waals surface area contributed by atoms with Gasteiger partial charge in [0.25, 0.3) is 5.91 Å². The molecule has 0 aliphatic carbocycles. The van der Waals surface area contributed by atoms with Crippen molar-refractivity contribution in [2.75, 3.05) is 0 Å². The van der Waals surface area contributed by atoms with Gasteiger partial charge in [-0.25, -0.2) is 10.4 Å². The minimum absolute atomic E-state index is 0.269. The van der Waals surface area contributed by atoms with Gasteiger partial charge in [0.15, 0.2) is 0 Å². The number of amides is 3. The minimum Gasteiger partial charge on any atom is -0.288 e. The van der Waals surface area contributed by atoms with Crippen molar-refractivity contribution in [3.8, 4) is 11.3 Å². The summed E-state index contributed by atoms with van der Waals surface area (Å²) in [5.74, 6) is -3.34. The van der Waals surface area contributed by atoms with Crippen LogP contribution in [0.25, 0.3) is 22.2 Å². The number of guanidine groups is 1. The summed E-state index contributed by atoms with van der Waals surface area (Å²) >= 11 is 0. The van der Waals surface area contributed by atoms with Crippen molar-refractivity contribution in [2.45, 2.75) is 6.04 Å². The van der Waals surface area contributed by atoms with E-state index in [-0.39, 0.29) is 5.56 Å². The normalized spacial score (nSPS) is 15.7. The molecule has 0 unspecified atom stereocenters. The van der Waals surface area contributed by atoms with Gasteiger partial charge in [0.2, 0.25) is 5.96 Å². The average Bonchev–Trinajstić information content (AvgIpc) is 2.76. The smallest absolute Gasteiger partial charge is 0.288 e. The number of carbonyl (C=O) groups is 3. The van der Waals surface area contributed by atoms with Gasteiger partial charge < -0.3 is 0 Å². The molecule has 1 fully saturated rings. The Morgan fingerprint density at radius 3 is 2.35 bits per heavy atom. The third-order valence-corrected chi connectivity index (χ3v) is 4.49. The van der Waals surface area contributed by atoms with E-state index in [0.717, 1.165) is 5.56 Å². The predicted molar refractivity (Wildman–Crippen MR) is 109 cm³/mol. The molecule has 0 atom stereocenters. The molecular weight excluding hydrogens is 404 g/mol. The first kappa shape index (κ1) is 19.6. The van der Waals surface area contributed by atoms with Gasteiger partial charge in [0.1, 0.15) is 0 Å². The summed E-state index contributed by atoms with van der Waals surface area (Å²) in [6.45, 7) is 0. The van der Waals surface area contributed by atoms with Gasteiger partial charge in [-0.2, -0.15) is 0 Å². The van der Waals surface area contributed by atoms with E-state index < -0.39 is 34.6 Å². The molecule has 0 bridgehead atoms. The summed E-state index contributed by atoms with van der Waals surface area (Å²) in [5.41, 5.74) is 4.49. The lowest BCUT2D eigenvalue weighted by atomic mass is 10.0. The van der Waals surface area contributed by atoms with Crippen LogP contribution >= 0.6 is 0 Å². The number of hydrogen-bond donors (Lipinski definition) is 3. The molecule has 11 nitrogen and oxygen atoms in total. The topological polar surface area (TPSA) is 156 Å². The fourth-order valence-electron chi connectivity index (χ4n) is 3.05. The third-order valence-electron chi connectivity index (χ3n) is 4.49. The second-order valence-electron chi connectivity index (χ2n) is 6.51. The maximum atomic E-state index is 12.8. The number of hydrogen-bond acceptors (Lipinski definition) is 7. The number of rotatable bonds is 4. The number of nitro groups is 1. The number of carbonyl (C=O) groups excluding carboxylic acids is 3. The summed E-state index contributed by atoms with van der Waals surface area (Å²) in [4.78, 5) is 50.6. The third kappa shape index (κ3) is 3.92. The molecule has 31 heavy (non-hydrogen) atoms. The van der Waals surface area contributed by atoms with Gasteiger partial charge in [-0.15, -0.1) is 5.10 Å². The average molecular weight is 418 g/mol. The Bertz CT molecular complexity index is 1240. The monoisotopic (exact) mass is 418 g/mol. The van der Waals surface area contributed by atoms with Gasteiger partial charge >= 0.3 is 17.9 Å². The lowest BCUT2D eigenvalue weighted by Gasteiger charge is -2.17. The maximum Gasteiger partial charge on any atom is 0.366 e. The first-order valence-electron chi connectivity index (χ1n) is 9.02. The minimum atomic E-state index is -2.08. The molecule has 1 aliphatic rings. The van der Waals surface area contributed by atoms with Crippen LogP contribution in [0.1, 0.15) is 10.4 Å². The SMILES string of the molecule is O=C(NN=C1NC(=O)C([N+](=O)[O-])C(=O)N1)c1cc(-c2ccccc2)nc2ccccc12. The Morgan fingerprint density at radius 2 is 1.68 bits per heavy atom. The van der Waals surface area contributed by atoms with Crippen LogP contribution in [0.5, 0.6) is 0 Å². The Balaban J connectivity index is 1.64. The van der Waals surface area contributed by atoms with Gasteiger partial charge in [0.05, 0.1) is 16.8 Å². The predicted octanol–water partition coefficient (Wildman–Crippen LogP) is 0.794. The van der Waals surface area contributed by atoms with Crippen LogP contribution in [0.15, 0.2) is 65.8 Å². The number of benzene rings is 2. The molecule has 11 heteroatoms. The number of para-hydroxylation sites is 1. The zero-order chi connectivity index (χ0) is 22.0. The molecule has 154 valence electrons. The number of hydrazone groups is 1. The summed E-state index contributed by atoms with van der Waals surface area (Å²) < 4.78 is 0. The number of nitrogens with zero attached hydrogens (tertiary/aromatic N) is 3. The quantitative estimate of drug-likeness (QED) is 0.323. The Morgan fingerprint density at radius 1 is 1.03 bits per heavy atom. The second kappa shape index (κ2) is 7.99. The molecule has 3 N–H and O–H groups in total. The van der Waals surface area contributed by atoms with Crippen molar-refractivity contribution >= 4 is 34.6 Å². The first-order chi connectivity index (χ1) is 14.9. The van der Waals surface area contributed by atoms with E-state index in [0.29, 0.717) is 16.6 Å². The summed E-state index contributed by atoms with van der Waals surface area (Å²) in [6.07, 6.45) is 0. The zero-order valence-corrected chi connectivity index (χ0v) is 15.7. The molecule has 4 rings (SSSR count). The van der Waals surface area contributed by atoms with E-state index in [9.17, 15) is 24.5 Å². The lowest BCUT2D eigenvalue weighted by molar-refractivity contribution is -0.494. The van der Waals surface area contributed by atoms with Crippen molar-refractivity contribution in [3.05, 3.63) is 76.3 Å². The van der Waals surface area contributed by atoms with Crippen molar-refractivity contribution in [1.29, 1.82) is 0 Å². The van der Waals surface area contributed by atoms with E-state index in [1.54, 1.807) is 30.3 Å². The maximum absolute atomic E-state index is 12.8. The van der Waals surface area contributed by atoms with Crippen molar-refractivity contribution in [2.24, 2.45) is 5.10 Å². The van der Waals surface area contributed by atoms with E-state index in [1.807, 2.05) is 30.3 Å². The van der Waals surface area contributed by atoms with Crippen LogP contribution in [-0.4, -0.2) is 39.6 Å². The summed E-state index contributed by atoms with van der Waals surface area (Å²) in [7, 11) is 0. The highest BCUT2D eigenvalue weighted by atomic mass is 16.6. The first-order valence-corrected chi connectivity index (χ1v) is 9.02. The van der Waals surface area contributed by atoms with Crippen LogP contribution in [0.4, 0.5) is 0 Å². The summed E-state index contributed by atoms with van der Waals surface area (Å²) in [6, 6.07) is 15.9. The van der Waals surface area contributed by atoms with E-state index in [1.165, 1.54) is 0 Å². The largest absolute Gasteiger partial charge is 0.366 e. The van der Waals surface area contributed by atoms with Crippen LogP contribution in [0.3, 0.4) is 0 Å². The van der Waals surface area contributed by atoms with E-state index in [4.69, 9.17) is 0 Å². The fraction of sp³-hybridized carbons (Fsp3) is 0.0500. The van der Waals surface area contributed by atoms with Gasteiger partial charge in [-0.05, 0) is 12.1 Å². The molecule has 0 saturated carbocycles. The number of nitrogens with one attached hydrogen (secondary N) is 3. The lowest BCUT2D eigenvalue weighted by Crippen LogP contribution is -2.62. The standard InChI is InChI=1S/C20H14N6O5/c27-17(24-25-20-22-18(28)16(26(30)31)19(29)23-20)13-10-15(11-6-2-1-3-7-11)21-14-9-5-4-8-12(13)14/h1-10,16H,(H,24,27)(H2,22,23,25,28,29). The van der Waals surface area contributed by atoms with Gasteiger partial charge in [0, 0.05) is 15.9 Å². The molecule has 1 aromatic heterocycles. The molecule has 2 aromatic carbocycles. The van der Waals surface area contributed by atoms with E-state index >= 15 is 0 Å². The molecule has 3 amide bonds. The summed E-state index contributed by atoms with van der Waals surface area (Å²) in [5, 5.41) is 19.2. The van der Waals surface area contributed by atoms with Crippen LogP contribution < -0.4 is 16.1 Å². The molecule has 0 spiro atoms. The molecule has 1 saturated heterocycles. The number of aromatic nitrogens is 1. The molecule has 0 radical (unpaired) electrons. The highest BCUT2D eigenvalue weighted by molar-refractivity contribution is 6.19. The van der Waals surface area contributed by atoms with Crippen LogP contribution in [0.2, 0.25) is 0 Å². The van der Waals surface area contributed by atoms with Crippen LogP contribution in [0, 0.1) is 10.1 Å². The highest BCUT2D eigenvalue weighted by Crippen LogP contribution is 2.24. The highest BCUT2D eigenvalue weighted by Gasteiger charge is 2.43. The van der Waals surface area contributed by atoms with Crippen molar-refractivity contribution in [1.82, 2.24) is 21.0 Å². The van der Waals surface area contributed by atoms with Gasteiger partial charge in [-0.1, -0.05) is 48.5 Å². The fourth-order valence-corrected chi connectivity index (χ4v) is 3.05. The van der Waals surface area contributed by atoms with E-state index in [2.05, 4.69) is 26.1 Å². The molecule has 3 aromatic rings. The van der Waals surface area contributed by atoms with Crippen molar-refractivity contribution < 1.29 is 19.3 Å². The Labute approximate surface area is 174 Å². The number of pyridine rings is 1. The molecule has 1 aliphatic heterocycles. The molecular formula is C20H14N6O5. The van der Waals surface area contributed by atoms with Crippen molar-refractivity contribution in [3.63, 3.8) is 0 Å². The Kier molecular flexibility index (Phi) is 5.06. The molecule has 2 heterocycles. The van der Waals surface area contributed by atoms with Crippen LogP contribution in [-0.2, 0) is 9.59 Å². The van der Waals surface area contributed by atoms with Gasteiger partial charge in [-0.3, -0.25) is 35.1 Å². The zero-order valence-electron chi connectivity index (χ0n) is 15.7. The number of fused-ring (bicyclic) bond motifs is 1.